The average molecular weight is 599 g/mol. The van der Waals surface area contributed by atoms with Crippen LogP contribution in [0, 0.1) is 5.41 Å². The summed E-state index contributed by atoms with van der Waals surface area (Å²) >= 11 is 0. The molecule has 1 aromatic heterocycles. The first kappa shape index (κ1) is 34.2. The molecule has 2 bridgehead atoms. The molecule has 0 unspecified atom stereocenters. The van der Waals surface area contributed by atoms with Crippen molar-refractivity contribution < 1.29 is 0 Å². The number of anilines is 3. The summed E-state index contributed by atoms with van der Waals surface area (Å²) in [7, 11) is 0. The molecule has 2 fully saturated rings. The van der Waals surface area contributed by atoms with Crippen LogP contribution in [0.3, 0.4) is 0 Å². The van der Waals surface area contributed by atoms with E-state index in [1.807, 2.05) is 0 Å². The first-order chi connectivity index (χ1) is 19.5. The Morgan fingerprint density at radius 3 is 1.35 bits per heavy atom. The molecular weight excluding hydrogens is 532 g/mol. The molecule has 3 aliphatic heterocycles. The van der Waals surface area contributed by atoms with Crippen molar-refractivity contribution in [2.45, 2.75) is 188 Å². The number of hydrogen-bond donors (Lipinski definition) is 3. The van der Waals surface area contributed by atoms with Gasteiger partial charge in [0.15, 0.2) is 0 Å². The lowest BCUT2D eigenvalue weighted by Gasteiger charge is -2.50. The van der Waals surface area contributed by atoms with Gasteiger partial charge in [-0.1, -0.05) is 33.6 Å². The minimum absolute atomic E-state index is 0.0442. The van der Waals surface area contributed by atoms with E-state index in [9.17, 15) is 0 Å². The van der Waals surface area contributed by atoms with Crippen LogP contribution >= 0.6 is 0 Å². The first-order valence-corrected chi connectivity index (χ1v) is 17.2. The standard InChI is InChI=1S/C35H66N8/c1-30(2,3)24-35(12,13)39-27-36-28-38-29(37-27)43(26-22-33(8,9)41-34(10,11)23-26)19-17-15-14-16-18-42(28)25-20-31(4,5)40-32(6,7)21-25/h25-26,40-41H,14-24H2,1-13H3,(H,36,37,38,39). The van der Waals surface area contributed by atoms with Crippen LogP contribution in [-0.4, -0.2) is 67.8 Å². The molecule has 0 radical (unpaired) electrons. The third-order valence-electron chi connectivity index (χ3n) is 9.31. The van der Waals surface area contributed by atoms with Gasteiger partial charge in [0.05, 0.1) is 0 Å². The Kier molecular flexibility index (Phi) is 9.49. The molecule has 246 valence electrons. The predicted molar refractivity (Wildman–Crippen MR) is 183 cm³/mol. The van der Waals surface area contributed by atoms with E-state index >= 15 is 0 Å². The zero-order valence-electron chi connectivity index (χ0n) is 30.2. The lowest BCUT2D eigenvalue weighted by Crippen LogP contribution is -2.63. The van der Waals surface area contributed by atoms with Gasteiger partial charge in [0, 0.05) is 52.9 Å². The molecular formula is C35H66N8. The highest BCUT2D eigenvalue weighted by Gasteiger charge is 2.43. The highest BCUT2D eigenvalue weighted by molar-refractivity contribution is 5.48. The summed E-state index contributed by atoms with van der Waals surface area (Å²) < 4.78 is 0. The lowest BCUT2D eigenvalue weighted by atomic mass is 9.79. The Balaban J connectivity index is 1.82. The summed E-state index contributed by atoms with van der Waals surface area (Å²) in [6, 6.07) is 0.728. The predicted octanol–water partition coefficient (Wildman–Crippen LogP) is 7.30. The summed E-state index contributed by atoms with van der Waals surface area (Å²) in [5.74, 6) is 2.40. The fourth-order valence-electron chi connectivity index (χ4n) is 9.13. The number of nitrogens with one attached hydrogen (secondary N) is 3. The summed E-state index contributed by atoms with van der Waals surface area (Å²) in [4.78, 5) is 21.0. The van der Waals surface area contributed by atoms with E-state index in [1.54, 1.807) is 0 Å². The van der Waals surface area contributed by atoms with Crippen molar-refractivity contribution in [1.29, 1.82) is 0 Å². The molecule has 0 atom stereocenters. The Morgan fingerprint density at radius 1 is 0.628 bits per heavy atom. The number of rotatable bonds is 5. The fourth-order valence-corrected chi connectivity index (χ4v) is 9.13. The highest BCUT2D eigenvalue weighted by atomic mass is 15.4. The minimum atomic E-state index is -0.157. The van der Waals surface area contributed by atoms with Crippen molar-refractivity contribution in [3.05, 3.63) is 0 Å². The second-order valence-corrected chi connectivity index (χ2v) is 18.7. The van der Waals surface area contributed by atoms with Crippen molar-refractivity contribution in [3.63, 3.8) is 0 Å². The normalized spacial score (nSPS) is 25.2. The summed E-state index contributed by atoms with van der Waals surface area (Å²) in [5, 5.41) is 11.6. The maximum atomic E-state index is 5.39. The smallest absolute Gasteiger partial charge is 0.232 e. The number of nitrogens with zero attached hydrogens (tertiary/aromatic N) is 5. The molecule has 43 heavy (non-hydrogen) atoms. The molecule has 0 spiro atoms. The molecule has 8 heteroatoms. The maximum absolute atomic E-state index is 5.39. The van der Waals surface area contributed by atoms with Gasteiger partial charge in [0.25, 0.3) is 0 Å². The van der Waals surface area contributed by atoms with Crippen LogP contribution in [0.4, 0.5) is 17.8 Å². The van der Waals surface area contributed by atoms with Crippen LogP contribution in [-0.2, 0) is 0 Å². The summed E-state index contributed by atoms with van der Waals surface area (Å²) in [6.45, 7) is 32.2. The summed E-state index contributed by atoms with van der Waals surface area (Å²) in [5.41, 5.74) is 0.204. The highest BCUT2D eigenvalue weighted by Crippen LogP contribution is 2.37. The van der Waals surface area contributed by atoms with Gasteiger partial charge >= 0.3 is 0 Å². The molecule has 4 heterocycles. The maximum Gasteiger partial charge on any atom is 0.232 e. The number of fused-ring (bicyclic) bond motifs is 2. The van der Waals surface area contributed by atoms with Crippen LogP contribution in [0.5, 0.6) is 0 Å². The van der Waals surface area contributed by atoms with Crippen LogP contribution in [0.15, 0.2) is 0 Å². The van der Waals surface area contributed by atoms with Gasteiger partial charge in [-0.2, -0.15) is 15.0 Å². The van der Waals surface area contributed by atoms with Gasteiger partial charge in [-0.3, -0.25) is 0 Å². The Bertz CT molecular complexity index is 999. The van der Waals surface area contributed by atoms with Gasteiger partial charge in [0.1, 0.15) is 0 Å². The molecule has 1 aromatic rings. The Hall–Kier alpha value is -1.67. The topological polar surface area (TPSA) is 81.2 Å². The zero-order valence-corrected chi connectivity index (χ0v) is 30.2. The molecule has 3 aliphatic rings. The SMILES string of the molecule is CC(C)(C)CC(C)(C)Nc1nc2nc(n1)N(C1CC(C)(C)NC(C)(C)C1)CCCCCCN2C1CC(C)(C)NC(C)(C)C1. The fraction of sp³-hybridized carbons (Fsp3) is 0.914. The molecule has 0 amide bonds. The van der Waals surface area contributed by atoms with Gasteiger partial charge < -0.3 is 25.8 Å². The van der Waals surface area contributed by atoms with Gasteiger partial charge in [0.2, 0.25) is 17.8 Å². The minimum Gasteiger partial charge on any atom is -0.349 e. The van der Waals surface area contributed by atoms with Crippen molar-refractivity contribution >= 4 is 17.8 Å². The third-order valence-corrected chi connectivity index (χ3v) is 9.31. The molecule has 0 aliphatic carbocycles. The average Bonchev–Trinajstić information content (AvgIpc) is 2.76. The first-order valence-electron chi connectivity index (χ1n) is 17.2. The van der Waals surface area contributed by atoms with Crippen LogP contribution in [0.1, 0.15) is 148 Å². The van der Waals surface area contributed by atoms with Crippen LogP contribution in [0.2, 0.25) is 0 Å². The Labute approximate surface area is 264 Å². The van der Waals surface area contributed by atoms with Crippen LogP contribution < -0.4 is 25.8 Å². The number of aromatic nitrogens is 3. The molecule has 3 N–H and O–H groups in total. The van der Waals surface area contributed by atoms with E-state index in [0.717, 1.165) is 69.9 Å². The largest absolute Gasteiger partial charge is 0.349 e. The zero-order chi connectivity index (χ0) is 32.1. The molecule has 2 saturated heterocycles. The van der Waals surface area contributed by atoms with Crippen molar-refractivity contribution in [3.8, 4) is 0 Å². The van der Waals surface area contributed by atoms with E-state index in [0.29, 0.717) is 18.0 Å². The number of hydrogen-bond acceptors (Lipinski definition) is 8. The quantitative estimate of drug-likeness (QED) is 0.326. The molecule has 0 saturated carbocycles. The number of piperidine rings is 2. The molecule has 0 aromatic carbocycles. The van der Waals surface area contributed by atoms with Gasteiger partial charge in [-0.15, -0.1) is 0 Å². The monoisotopic (exact) mass is 599 g/mol. The van der Waals surface area contributed by atoms with Gasteiger partial charge in [-0.25, -0.2) is 0 Å². The molecule has 8 nitrogen and oxygen atoms in total. The van der Waals surface area contributed by atoms with Crippen LogP contribution in [0.25, 0.3) is 0 Å². The lowest BCUT2D eigenvalue weighted by molar-refractivity contribution is 0.157. The second kappa shape index (κ2) is 11.9. The van der Waals surface area contributed by atoms with E-state index in [1.165, 1.54) is 12.8 Å². The second-order valence-electron chi connectivity index (χ2n) is 18.7. The van der Waals surface area contributed by atoms with Crippen molar-refractivity contribution in [2.75, 3.05) is 28.2 Å². The van der Waals surface area contributed by atoms with E-state index in [4.69, 9.17) is 15.0 Å². The molecule has 4 rings (SSSR count). The van der Waals surface area contributed by atoms with Crippen molar-refractivity contribution in [1.82, 2.24) is 25.6 Å². The third kappa shape index (κ3) is 9.66. The summed E-state index contributed by atoms with van der Waals surface area (Å²) in [6.07, 6.45) is 10.1. The van der Waals surface area contributed by atoms with E-state index in [2.05, 4.69) is 116 Å². The van der Waals surface area contributed by atoms with Crippen molar-refractivity contribution in [2.24, 2.45) is 5.41 Å². The van der Waals surface area contributed by atoms with Gasteiger partial charge in [-0.05, 0) is 120 Å². The van der Waals surface area contributed by atoms with E-state index in [-0.39, 0.29) is 33.1 Å². The van der Waals surface area contributed by atoms with E-state index < -0.39 is 0 Å². The Morgan fingerprint density at radius 2 is 1.00 bits per heavy atom.